The van der Waals surface area contributed by atoms with Gasteiger partial charge in [-0.15, -0.1) is 12.4 Å². The third kappa shape index (κ3) is 4.70. The maximum atomic E-state index is 12.2. The van der Waals surface area contributed by atoms with Crippen LogP contribution in [0.5, 0.6) is 0 Å². The molecule has 0 bridgehead atoms. The number of benzene rings is 1. The van der Waals surface area contributed by atoms with E-state index < -0.39 is 10.0 Å². The molecule has 20 heavy (non-hydrogen) atoms. The van der Waals surface area contributed by atoms with Crippen LogP contribution in [0.25, 0.3) is 0 Å². The zero-order chi connectivity index (χ0) is 13.9. The first-order valence-electron chi connectivity index (χ1n) is 6.48. The first kappa shape index (κ1) is 17.9. The highest BCUT2D eigenvalue weighted by molar-refractivity contribution is 9.10. The molecule has 1 aliphatic rings. The molecular formula is C13H20BrClN2O2S. The number of rotatable bonds is 5. The molecule has 0 aliphatic carbocycles. The normalized spacial score (nSPS) is 18.8. The van der Waals surface area contributed by atoms with Gasteiger partial charge in [-0.3, -0.25) is 0 Å². The molecule has 1 fully saturated rings. The van der Waals surface area contributed by atoms with Gasteiger partial charge in [0.15, 0.2) is 0 Å². The van der Waals surface area contributed by atoms with Gasteiger partial charge in [0.05, 0.1) is 4.90 Å². The second-order valence-corrected chi connectivity index (χ2v) is 7.54. The predicted molar refractivity (Wildman–Crippen MR) is 87.0 cm³/mol. The van der Waals surface area contributed by atoms with E-state index in [4.69, 9.17) is 0 Å². The third-order valence-electron chi connectivity index (χ3n) is 3.39. The molecule has 1 heterocycles. The van der Waals surface area contributed by atoms with Gasteiger partial charge < -0.3 is 5.32 Å². The largest absolute Gasteiger partial charge is 0.314 e. The van der Waals surface area contributed by atoms with Crippen molar-refractivity contribution in [3.8, 4) is 0 Å². The van der Waals surface area contributed by atoms with Crippen LogP contribution in [0.15, 0.2) is 27.6 Å². The number of hydrogen-bond acceptors (Lipinski definition) is 3. The number of nitrogens with one attached hydrogen (secondary N) is 2. The van der Waals surface area contributed by atoms with Gasteiger partial charge in [-0.25, -0.2) is 13.1 Å². The van der Waals surface area contributed by atoms with Crippen molar-refractivity contribution in [1.29, 1.82) is 0 Å². The molecule has 0 unspecified atom stereocenters. The van der Waals surface area contributed by atoms with Crippen molar-refractivity contribution in [3.05, 3.63) is 28.2 Å². The topological polar surface area (TPSA) is 58.2 Å². The Kier molecular flexibility index (Phi) is 6.94. The summed E-state index contributed by atoms with van der Waals surface area (Å²) >= 11 is 3.31. The van der Waals surface area contributed by atoms with Gasteiger partial charge in [-0.2, -0.15) is 0 Å². The minimum absolute atomic E-state index is 0. The van der Waals surface area contributed by atoms with Crippen molar-refractivity contribution in [3.63, 3.8) is 0 Å². The fourth-order valence-corrected chi connectivity index (χ4v) is 4.14. The highest BCUT2D eigenvalue weighted by Crippen LogP contribution is 2.20. The molecule has 1 aliphatic heterocycles. The van der Waals surface area contributed by atoms with E-state index in [1.54, 1.807) is 19.1 Å². The predicted octanol–water partition coefficient (Wildman–Crippen LogP) is 2.60. The summed E-state index contributed by atoms with van der Waals surface area (Å²) in [6, 6.07) is 5.74. The quantitative estimate of drug-likeness (QED) is 0.821. The highest BCUT2D eigenvalue weighted by atomic mass is 79.9. The molecule has 0 amide bonds. The Bertz CT molecular complexity index is 545. The van der Waals surface area contributed by atoms with Crippen molar-refractivity contribution in [2.75, 3.05) is 13.1 Å². The first-order chi connectivity index (χ1) is 8.99. The standard InChI is InChI=1S/C13H19BrN2O2S.ClH/c1-10-4-5-11(14)9-13(10)19(17,18)16-8-6-12-3-2-7-15-12;/h4-5,9,12,15-16H,2-3,6-8H2,1H3;1H/t12-;/m1./s1. The molecular weight excluding hydrogens is 364 g/mol. The number of sulfonamides is 1. The maximum absolute atomic E-state index is 12.2. The Morgan fingerprint density at radius 3 is 2.85 bits per heavy atom. The van der Waals surface area contributed by atoms with Crippen molar-refractivity contribution >= 4 is 38.4 Å². The highest BCUT2D eigenvalue weighted by Gasteiger charge is 2.18. The second kappa shape index (κ2) is 7.75. The smallest absolute Gasteiger partial charge is 0.240 e. The summed E-state index contributed by atoms with van der Waals surface area (Å²) in [5, 5.41) is 3.36. The molecule has 1 atom stereocenters. The average molecular weight is 384 g/mol. The van der Waals surface area contributed by atoms with E-state index >= 15 is 0 Å². The van der Waals surface area contributed by atoms with Gasteiger partial charge >= 0.3 is 0 Å². The van der Waals surface area contributed by atoms with Gasteiger partial charge in [-0.05, 0) is 50.4 Å². The minimum Gasteiger partial charge on any atom is -0.314 e. The van der Waals surface area contributed by atoms with Crippen LogP contribution in [0.4, 0.5) is 0 Å². The number of halogens is 2. The van der Waals surface area contributed by atoms with E-state index in [0.29, 0.717) is 17.5 Å². The summed E-state index contributed by atoms with van der Waals surface area (Å²) in [5.74, 6) is 0. The van der Waals surface area contributed by atoms with Crippen LogP contribution in [-0.2, 0) is 10.0 Å². The molecule has 1 aromatic rings. The van der Waals surface area contributed by atoms with Gasteiger partial charge in [0.25, 0.3) is 0 Å². The van der Waals surface area contributed by atoms with Gasteiger partial charge in [-0.1, -0.05) is 22.0 Å². The molecule has 0 saturated carbocycles. The average Bonchev–Trinajstić information content (AvgIpc) is 2.85. The lowest BCUT2D eigenvalue weighted by Crippen LogP contribution is -2.31. The van der Waals surface area contributed by atoms with E-state index in [9.17, 15) is 8.42 Å². The van der Waals surface area contributed by atoms with Crippen molar-refractivity contribution in [1.82, 2.24) is 10.0 Å². The summed E-state index contributed by atoms with van der Waals surface area (Å²) in [6.45, 7) is 3.33. The second-order valence-electron chi connectivity index (χ2n) is 4.89. The molecule has 114 valence electrons. The van der Waals surface area contributed by atoms with Crippen LogP contribution in [-0.4, -0.2) is 27.5 Å². The van der Waals surface area contributed by atoms with Crippen LogP contribution in [0, 0.1) is 6.92 Å². The summed E-state index contributed by atoms with van der Waals surface area (Å²) in [5.41, 5.74) is 0.759. The van der Waals surface area contributed by atoms with Gasteiger partial charge in [0.1, 0.15) is 0 Å². The Morgan fingerprint density at radius 2 is 2.20 bits per heavy atom. The minimum atomic E-state index is -3.41. The molecule has 1 aromatic carbocycles. The molecule has 1 saturated heterocycles. The van der Waals surface area contributed by atoms with E-state index in [1.165, 1.54) is 6.42 Å². The van der Waals surface area contributed by atoms with Gasteiger partial charge in [0.2, 0.25) is 10.0 Å². The van der Waals surface area contributed by atoms with Crippen molar-refractivity contribution in [2.24, 2.45) is 0 Å². The van der Waals surface area contributed by atoms with E-state index in [2.05, 4.69) is 26.0 Å². The molecule has 2 rings (SSSR count). The molecule has 0 aromatic heterocycles. The number of aryl methyl sites for hydroxylation is 1. The SMILES string of the molecule is Cc1ccc(Br)cc1S(=O)(=O)NCC[C@H]1CCCN1.Cl. The lowest BCUT2D eigenvalue weighted by molar-refractivity contribution is 0.539. The Hall–Kier alpha value is -0.140. The molecule has 0 radical (unpaired) electrons. The molecule has 2 N–H and O–H groups in total. The zero-order valence-electron chi connectivity index (χ0n) is 11.4. The van der Waals surface area contributed by atoms with E-state index in [1.807, 2.05) is 6.07 Å². The first-order valence-corrected chi connectivity index (χ1v) is 8.76. The lowest BCUT2D eigenvalue weighted by Gasteiger charge is -2.12. The summed E-state index contributed by atoms with van der Waals surface area (Å²) < 4.78 is 27.9. The lowest BCUT2D eigenvalue weighted by atomic mass is 10.2. The van der Waals surface area contributed by atoms with Crippen LogP contribution in [0.3, 0.4) is 0 Å². The van der Waals surface area contributed by atoms with Crippen molar-refractivity contribution in [2.45, 2.75) is 37.1 Å². The fraction of sp³-hybridized carbons (Fsp3) is 0.538. The van der Waals surface area contributed by atoms with Crippen LogP contribution < -0.4 is 10.0 Å². The number of hydrogen-bond donors (Lipinski definition) is 2. The maximum Gasteiger partial charge on any atom is 0.240 e. The third-order valence-corrected chi connectivity index (χ3v) is 5.48. The zero-order valence-corrected chi connectivity index (χ0v) is 14.6. The molecule has 7 heteroatoms. The summed E-state index contributed by atoms with van der Waals surface area (Å²) in [7, 11) is -3.41. The summed E-state index contributed by atoms with van der Waals surface area (Å²) in [6.07, 6.45) is 3.16. The Morgan fingerprint density at radius 1 is 1.45 bits per heavy atom. The Balaban J connectivity index is 0.00000200. The van der Waals surface area contributed by atoms with E-state index in [0.717, 1.165) is 29.4 Å². The van der Waals surface area contributed by atoms with Crippen molar-refractivity contribution < 1.29 is 8.42 Å². The van der Waals surface area contributed by atoms with Crippen LogP contribution in [0.2, 0.25) is 0 Å². The summed E-state index contributed by atoms with van der Waals surface area (Å²) in [4.78, 5) is 0.348. The monoisotopic (exact) mass is 382 g/mol. The molecule has 4 nitrogen and oxygen atoms in total. The molecule has 0 spiro atoms. The van der Waals surface area contributed by atoms with Crippen LogP contribution in [0.1, 0.15) is 24.8 Å². The Labute approximate surface area is 135 Å². The van der Waals surface area contributed by atoms with Gasteiger partial charge in [0, 0.05) is 17.1 Å². The van der Waals surface area contributed by atoms with E-state index in [-0.39, 0.29) is 12.4 Å². The fourth-order valence-electron chi connectivity index (χ4n) is 2.31. The van der Waals surface area contributed by atoms with Crippen LogP contribution >= 0.6 is 28.3 Å².